The Morgan fingerprint density at radius 2 is 2.04 bits per heavy atom. The van der Waals surface area contributed by atoms with Crippen molar-refractivity contribution in [2.45, 2.75) is 32.7 Å². The van der Waals surface area contributed by atoms with Gasteiger partial charge in [-0.3, -0.25) is 4.79 Å². The van der Waals surface area contributed by atoms with E-state index in [0.717, 1.165) is 12.8 Å². The lowest BCUT2D eigenvalue weighted by Gasteiger charge is -2.34. The molecule has 1 heterocycles. The number of benzene rings is 1. The Hall–Kier alpha value is -2.22. The van der Waals surface area contributed by atoms with Gasteiger partial charge in [0.2, 0.25) is 0 Å². The van der Waals surface area contributed by atoms with E-state index in [1.54, 1.807) is 26.2 Å². The average molecular weight is 441 g/mol. The fourth-order valence-electron chi connectivity index (χ4n) is 2.84. The number of methoxy groups -OCH3 is 1. The summed E-state index contributed by atoms with van der Waals surface area (Å²) >= 11 is 3.52. The molecule has 1 aromatic carbocycles. The lowest BCUT2D eigenvalue weighted by molar-refractivity contribution is -0.147. The molecule has 7 nitrogen and oxygen atoms in total. The number of amides is 2. The van der Waals surface area contributed by atoms with Crippen molar-refractivity contribution < 1.29 is 23.8 Å². The van der Waals surface area contributed by atoms with E-state index in [1.165, 1.54) is 0 Å². The molecule has 2 atom stereocenters. The summed E-state index contributed by atoms with van der Waals surface area (Å²) in [7, 11) is 1.54. The Bertz CT molecular complexity index is 722. The first-order valence-electron chi connectivity index (χ1n) is 8.86. The van der Waals surface area contributed by atoms with Crippen molar-refractivity contribution >= 4 is 27.9 Å². The molecule has 1 aromatic rings. The summed E-state index contributed by atoms with van der Waals surface area (Å²) in [6.07, 6.45) is 1.95. The number of carbonyl (C=O) groups is 2. The third-order valence-corrected chi connectivity index (χ3v) is 4.87. The third kappa shape index (κ3) is 4.94. The van der Waals surface area contributed by atoms with Crippen molar-refractivity contribution in [2.75, 3.05) is 20.3 Å². The van der Waals surface area contributed by atoms with Gasteiger partial charge < -0.3 is 24.8 Å². The molecule has 0 spiro atoms. The van der Waals surface area contributed by atoms with Crippen LogP contribution in [0.4, 0.5) is 4.79 Å². The number of ether oxygens (including phenoxy) is 3. The Morgan fingerprint density at radius 3 is 2.67 bits per heavy atom. The second-order valence-corrected chi connectivity index (χ2v) is 6.91. The van der Waals surface area contributed by atoms with E-state index < -0.39 is 24.0 Å². The van der Waals surface area contributed by atoms with Gasteiger partial charge in [-0.15, -0.1) is 0 Å². The monoisotopic (exact) mass is 440 g/mol. The van der Waals surface area contributed by atoms with Crippen molar-refractivity contribution in [3.8, 4) is 11.5 Å². The van der Waals surface area contributed by atoms with Crippen molar-refractivity contribution in [1.29, 1.82) is 0 Å². The number of unbranched alkanes of at least 4 members (excludes halogenated alkanes) is 1. The fraction of sp³-hybridized carbons (Fsp3) is 0.474. The number of esters is 1. The van der Waals surface area contributed by atoms with Crippen molar-refractivity contribution in [3.63, 3.8) is 0 Å². The van der Waals surface area contributed by atoms with Crippen molar-refractivity contribution in [1.82, 2.24) is 10.6 Å². The molecule has 0 radical (unpaired) electrons. The van der Waals surface area contributed by atoms with Gasteiger partial charge in [-0.1, -0.05) is 35.9 Å². The molecular weight excluding hydrogens is 416 g/mol. The highest BCUT2D eigenvalue weighted by Crippen LogP contribution is 2.40. The highest BCUT2D eigenvalue weighted by atomic mass is 79.9. The van der Waals surface area contributed by atoms with Crippen LogP contribution in [-0.2, 0) is 9.53 Å². The smallest absolute Gasteiger partial charge is 0.319 e. The minimum Gasteiger partial charge on any atom is -0.493 e. The highest BCUT2D eigenvalue weighted by molar-refractivity contribution is 9.10. The zero-order valence-electron chi connectivity index (χ0n) is 15.8. The van der Waals surface area contributed by atoms with Crippen LogP contribution in [-0.4, -0.2) is 32.3 Å². The number of carbonyl (C=O) groups excluding carboxylic acids is 2. The number of halogens is 1. The second-order valence-electron chi connectivity index (χ2n) is 6.06. The summed E-state index contributed by atoms with van der Waals surface area (Å²) in [6, 6.07) is 2.45. The van der Waals surface area contributed by atoms with E-state index in [4.69, 9.17) is 14.2 Å². The Labute approximate surface area is 167 Å². The standard InChI is InChI=1S/C19H25BrN2O5/c1-5-7-8-27-15-10-13(20)12(9-14(15)25-4)17-16(18(23)26-6-2)11(3)21-19(24)22-17/h9-10,16-17H,3,5-8H2,1-2,4H3,(H2,21,22,24)/t16-,17+/m1/s1. The molecule has 0 unspecified atom stereocenters. The van der Waals surface area contributed by atoms with Gasteiger partial charge in [-0.2, -0.15) is 0 Å². The first-order valence-corrected chi connectivity index (χ1v) is 9.65. The molecule has 0 aromatic heterocycles. The molecule has 8 heteroatoms. The molecule has 148 valence electrons. The van der Waals surface area contributed by atoms with Crippen LogP contribution in [0.1, 0.15) is 38.3 Å². The summed E-state index contributed by atoms with van der Waals surface area (Å²) < 4.78 is 17.1. The van der Waals surface area contributed by atoms with Gasteiger partial charge in [0.15, 0.2) is 11.5 Å². The first kappa shape index (κ1) is 21.1. The van der Waals surface area contributed by atoms with E-state index in [-0.39, 0.29) is 12.3 Å². The number of hydrogen-bond donors (Lipinski definition) is 2. The normalized spacial score (nSPS) is 19.1. The Morgan fingerprint density at radius 1 is 1.30 bits per heavy atom. The summed E-state index contributed by atoms with van der Waals surface area (Å²) in [5, 5.41) is 5.32. The van der Waals surface area contributed by atoms with Crippen LogP contribution in [0.15, 0.2) is 28.9 Å². The maximum atomic E-state index is 12.5. The molecule has 2 N–H and O–H groups in total. The summed E-state index contributed by atoms with van der Waals surface area (Å²) in [5.74, 6) is -0.122. The maximum Gasteiger partial charge on any atom is 0.319 e. The van der Waals surface area contributed by atoms with E-state index in [9.17, 15) is 9.59 Å². The van der Waals surface area contributed by atoms with Crippen LogP contribution in [0.2, 0.25) is 0 Å². The molecule has 1 saturated heterocycles. The van der Waals surface area contributed by atoms with Gasteiger partial charge in [-0.05, 0) is 31.0 Å². The third-order valence-electron chi connectivity index (χ3n) is 4.18. The second kappa shape index (κ2) is 9.64. The molecule has 1 aliphatic heterocycles. The van der Waals surface area contributed by atoms with Crippen LogP contribution in [0, 0.1) is 5.92 Å². The summed E-state index contributed by atoms with van der Waals surface area (Å²) in [6.45, 7) is 8.44. The van der Waals surface area contributed by atoms with Crippen molar-refractivity contribution in [2.24, 2.45) is 5.92 Å². The molecule has 2 rings (SSSR count). The number of urea groups is 1. The topological polar surface area (TPSA) is 85.9 Å². The molecule has 27 heavy (non-hydrogen) atoms. The molecule has 0 aliphatic carbocycles. The van der Waals surface area contributed by atoms with Crippen LogP contribution in [0.3, 0.4) is 0 Å². The van der Waals surface area contributed by atoms with Gasteiger partial charge in [0.25, 0.3) is 0 Å². The molecule has 0 bridgehead atoms. The largest absolute Gasteiger partial charge is 0.493 e. The number of nitrogens with one attached hydrogen (secondary N) is 2. The summed E-state index contributed by atoms with van der Waals surface area (Å²) in [4.78, 5) is 24.4. The molecule has 0 saturated carbocycles. The summed E-state index contributed by atoms with van der Waals surface area (Å²) in [5.41, 5.74) is 0.958. The quantitative estimate of drug-likeness (QED) is 0.475. The van der Waals surface area contributed by atoms with E-state index in [1.807, 2.05) is 0 Å². The SMILES string of the molecule is C=C1NC(=O)N[C@@H](c2cc(OC)c(OCCCC)cc2Br)[C@@H]1C(=O)OCC. The van der Waals surface area contributed by atoms with Gasteiger partial charge in [-0.25, -0.2) is 4.79 Å². The first-order chi connectivity index (χ1) is 12.9. The van der Waals surface area contributed by atoms with Crippen LogP contribution >= 0.6 is 15.9 Å². The minimum atomic E-state index is -0.768. The van der Waals surface area contributed by atoms with Crippen LogP contribution in [0.5, 0.6) is 11.5 Å². The molecule has 1 fully saturated rings. The zero-order valence-corrected chi connectivity index (χ0v) is 17.4. The van der Waals surface area contributed by atoms with Gasteiger partial charge in [0, 0.05) is 10.2 Å². The average Bonchev–Trinajstić information content (AvgIpc) is 2.61. The highest BCUT2D eigenvalue weighted by Gasteiger charge is 2.40. The van der Waals surface area contributed by atoms with Gasteiger partial charge >= 0.3 is 12.0 Å². The van der Waals surface area contributed by atoms with Gasteiger partial charge in [0.1, 0.15) is 5.92 Å². The lowest BCUT2D eigenvalue weighted by Crippen LogP contribution is -2.51. The van der Waals surface area contributed by atoms with E-state index in [2.05, 4.69) is 40.1 Å². The molecule has 1 aliphatic rings. The van der Waals surface area contributed by atoms with E-state index >= 15 is 0 Å². The molecular formula is C19H25BrN2O5. The minimum absolute atomic E-state index is 0.234. The Kier molecular flexibility index (Phi) is 7.53. The van der Waals surface area contributed by atoms with Crippen LogP contribution in [0.25, 0.3) is 0 Å². The van der Waals surface area contributed by atoms with Crippen LogP contribution < -0.4 is 20.1 Å². The molecule has 2 amide bonds. The maximum absolute atomic E-state index is 12.5. The lowest BCUT2D eigenvalue weighted by atomic mass is 9.89. The number of rotatable bonds is 8. The Balaban J connectivity index is 2.41. The predicted octanol–water partition coefficient (Wildman–Crippen LogP) is 3.68. The zero-order chi connectivity index (χ0) is 20.0. The number of hydrogen-bond acceptors (Lipinski definition) is 5. The van der Waals surface area contributed by atoms with E-state index in [0.29, 0.717) is 28.1 Å². The van der Waals surface area contributed by atoms with Crippen molar-refractivity contribution in [3.05, 3.63) is 34.4 Å². The fourth-order valence-corrected chi connectivity index (χ4v) is 3.41. The van der Waals surface area contributed by atoms with Gasteiger partial charge in [0.05, 0.1) is 26.4 Å². The predicted molar refractivity (Wildman–Crippen MR) is 105 cm³/mol.